The van der Waals surface area contributed by atoms with E-state index in [1.807, 2.05) is 19.1 Å². The molecule has 2 aromatic rings. The second-order valence-corrected chi connectivity index (χ2v) is 5.69. The predicted octanol–water partition coefficient (Wildman–Crippen LogP) is 4.13. The molecule has 0 aliphatic rings. The van der Waals surface area contributed by atoms with E-state index >= 15 is 0 Å². The average molecular weight is 336 g/mol. The van der Waals surface area contributed by atoms with E-state index in [2.05, 4.69) is 5.32 Å². The third-order valence-electron chi connectivity index (χ3n) is 3.61. The normalized spacial score (nSPS) is 12.7. The van der Waals surface area contributed by atoms with E-state index in [9.17, 15) is 18.0 Å². The van der Waals surface area contributed by atoms with Crippen LogP contribution in [0.25, 0.3) is 0 Å². The van der Waals surface area contributed by atoms with Gasteiger partial charge >= 0.3 is 6.18 Å². The molecule has 0 saturated carbocycles. The lowest BCUT2D eigenvalue weighted by molar-refractivity contribution is -0.134. The fourth-order valence-corrected chi connectivity index (χ4v) is 2.24. The Balaban J connectivity index is 2.02. The molecule has 2 aromatic carbocycles. The monoisotopic (exact) mass is 336 g/mol. The summed E-state index contributed by atoms with van der Waals surface area (Å²) in [6, 6.07) is 12.8. The van der Waals surface area contributed by atoms with Gasteiger partial charge in [-0.25, -0.2) is 0 Å². The van der Waals surface area contributed by atoms with Gasteiger partial charge in [0.05, 0.1) is 0 Å². The lowest BCUT2D eigenvalue weighted by Gasteiger charge is -2.14. The van der Waals surface area contributed by atoms with Crippen LogP contribution in [0.3, 0.4) is 0 Å². The van der Waals surface area contributed by atoms with Gasteiger partial charge in [-0.1, -0.05) is 42.0 Å². The number of rotatable bonds is 5. The SMILES string of the molecule is Cc1ccc(C(N)C(=O)Nc2cccc(CCC(F)(F)F)c2)cc1. The maximum Gasteiger partial charge on any atom is 0.389 e. The molecule has 1 amide bonds. The van der Waals surface area contributed by atoms with E-state index in [0.717, 1.165) is 5.56 Å². The number of amides is 1. The molecule has 0 fully saturated rings. The molecule has 0 aromatic heterocycles. The summed E-state index contributed by atoms with van der Waals surface area (Å²) in [4.78, 5) is 12.2. The Morgan fingerprint density at radius 2 is 1.83 bits per heavy atom. The molecule has 2 rings (SSSR count). The minimum atomic E-state index is -4.20. The molecule has 0 saturated heterocycles. The van der Waals surface area contributed by atoms with Crippen LogP contribution in [-0.4, -0.2) is 12.1 Å². The number of alkyl halides is 3. The fourth-order valence-electron chi connectivity index (χ4n) is 2.24. The second-order valence-electron chi connectivity index (χ2n) is 5.69. The Hall–Kier alpha value is -2.34. The van der Waals surface area contributed by atoms with Crippen molar-refractivity contribution in [1.29, 1.82) is 0 Å². The number of carbonyl (C=O) groups is 1. The van der Waals surface area contributed by atoms with Crippen molar-refractivity contribution in [2.24, 2.45) is 5.73 Å². The number of nitrogens with one attached hydrogen (secondary N) is 1. The Morgan fingerprint density at radius 3 is 2.46 bits per heavy atom. The van der Waals surface area contributed by atoms with E-state index in [4.69, 9.17) is 5.73 Å². The minimum Gasteiger partial charge on any atom is -0.324 e. The highest BCUT2D eigenvalue weighted by molar-refractivity contribution is 5.95. The van der Waals surface area contributed by atoms with E-state index in [1.165, 1.54) is 6.07 Å². The zero-order valence-corrected chi connectivity index (χ0v) is 13.2. The molecule has 6 heteroatoms. The van der Waals surface area contributed by atoms with Gasteiger partial charge in [-0.3, -0.25) is 4.79 Å². The lowest BCUT2D eigenvalue weighted by atomic mass is 10.0. The highest BCUT2D eigenvalue weighted by atomic mass is 19.4. The second kappa shape index (κ2) is 7.49. The molecule has 24 heavy (non-hydrogen) atoms. The molecule has 0 aliphatic carbocycles. The van der Waals surface area contributed by atoms with E-state index in [0.29, 0.717) is 16.8 Å². The van der Waals surface area contributed by atoms with Gasteiger partial charge < -0.3 is 11.1 Å². The molecule has 0 spiro atoms. The highest BCUT2D eigenvalue weighted by Crippen LogP contribution is 2.23. The Kier molecular flexibility index (Phi) is 5.62. The fraction of sp³-hybridized carbons (Fsp3) is 0.278. The van der Waals surface area contributed by atoms with Crippen molar-refractivity contribution in [1.82, 2.24) is 0 Å². The molecular weight excluding hydrogens is 317 g/mol. The summed E-state index contributed by atoms with van der Waals surface area (Å²) >= 11 is 0. The summed E-state index contributed by atoms with van der Waals surface area (Å²) in [5.41, 5.74) is 8.60. The molecule has 0 bridgehead atoms. The zero-order chi connectivity index (χ0) is 17.7. The van der Waals surface area contributed by atoms with Crippen molar-refractivity contribution in [3.8, 4) is 0 Å². The first kappa shape index (κ1) is 18.0. The van der Waals surface area contributed by atoms with E-state index < -0.39 is 24.5 Å². The van der Waals surface area contributed by atoms with Gasteiger partial charge in [0, 0.05) is 12.1 Å². The molecular formula is C18H19F3N2O. The topological polar surface area (TPSA) is 55.1 Å². The first-order valence-electron chi connectivity index (χ1n) is 7.53. The highest BCUT2D eigenvalue weighted by Gasteiger charge is 2.26. The lowest BCUT2D eigenvalue weighted by Crippen LogP contribution is -2.27. The molecule has 0 aliphatic heterocycles. The quantitative estimate of drug-likeness (QED) is 0.863. The van der Waals surface area contributed by atoms with Crippen molar-refractivity contribution < 1.29 is 18.0 Å². The Bertz CT molecular complexity index is 696. The number of hydrogen-bond donors (Lipinski definition) is 2. The number of nitrogens with two attached hydrogens (primary N) is 1. The molecule has 128 valence electrons. The first-order chi connectivity index (χ1) is 11.2. The van der Waals surface area contributed by atoms with E-state index in [-0.39, 0.29) is 6.42 Å². The summed E-state index contributed by atoms with van der Waals surface area (Å²) in [5.74, 6) is -0.410. The summed E-state index contributed by atoms with van der Waals surface area (Å²) in [6.45, 7) is 1.93. The van der Waals surface area contributed by atoms with Crippen LogP contribution in [0, 0.1) is 6.92 Å². The Labute approximate surface area is 138 Å². The maximum absolute atomic E-state index is 12.3. The molecule has 3 nitrogen and oxygen atoms in total. The van der Waals surface area contributed by atoms with Crippen molar-refractivity contribution in [3.63, 3.8) is 0 Å². The van der Waals surface area contributed by atoms with Crippen LogP contribution in [0.15, 0.2) is 48.5 Å². The number of aryl methyl sites for hydroxylation is 2. The van der Waals surface area contributed by atoms with Crippen molar-refractivity contribution >= 4 is 11.6 Å². The number of halogens is 3. The number of carbonyl (C=O) groups excluding carboxylic acids is 1. The van der Waals surface area contributed by atoms with Crippen LogP contribution in [0.2, 0.25) is 0 Å². The van der Waals surface area contributed by atoms with Gasteiger partial charge in [0.25, 0.3) is 0 Å². The molecule has 0 radical (unpaired) electrons. The maximum atomic E-state index is 12.3. The molecule has 1 unspecified atom stereocenters. The summed E-state index contributed by atoms with van der Waals surface area (Å²) in [6.07, 6.45) is -5.22. The van der Waals surface area contributed by atoms with Gasteiger partial charge in [-0.15, -0.1) is 0 Å². The first-order valence-corrected chi connectivity index (χ1v) is 7.53. The van der Waals surface area contributed by atoms with Gasteiger partial charge in [0.2, 0.25) is 5.91 Å². The summed E-state index contributed by atoms with van der Waals surface area (Å²) < 4.78 is 36.9. The van der Waals surface area contributed by atoms with Crippen LogP contribution >= 0.6 is 0 Å². The van der Waals surface area contributed by atoms with Crippen LogP contribution in [0.4, 0.5) is 18.9 Å². The van der Waals surface area contributed by atoms with Crippen molar-refractivity contribution in [2.75, 3.05) is 5.32 Å². The van der Waals surface area contributed by atoms with Crippen molar-refractivity contribution in [3.05, 3.63) is 65.2 Å². The molecule has 1 atom stereocenters. The third-order valence-corrected chi connectivity index (χ3v) is 3.61. The number of hydrogen-bond acceptors (Lipinski definition) is 2. The standard InChI is InChI=1S/C18H19F3N2O/c1-12-5-7-14(8-6-12)16(22)17(24)23-15-4-2-3-13(11-15)9-10-18(19,20)21/h2-8,11,16H,9-10,22H2,1H3,(H,23,24). The Morgan fingerprint density at radius 1 is 1.17 bits per heavy atom. The number of benzene rings is 2. The van der Waals surface area contributed by atoms with Gasteiger partial charge in [-0.2, -0.15) is 13.2 Å². The van der Waals surface area contributed by atoms with Crippen LogP contribution in [-0.2, 0) is 11.2 Å². The van der Waals surface area contributed by atoms with Gasteiger partial charge in [-0.05, 0) is 36.6 Å². The number of anilines is 1. The molecule has 0 heterocycles. The molecule has 3 N–H and O–H groups in total. The van der Waals surface area contributed by atoms with Gasteiger partial charge in [0.1, 0.15) is 6.04 Å². The van der Waals surface area contributed by atoms with Gasteiger partial charge in [0.15, 0.2) is 0 Å². The minimum absolute atomic E-state index is 0.128. The smallest absolute Gasteiger partial charge is 0.324 e. The predicted molar refractivity (Wildman–Crippen MR) is 87.6 cm³/mol. The summed E-state index contributed by atoms with van der Waals surface area (Å²) in [5, 5.41) is 2.65. The van der Waals surface area contributed by atoms with Crippen LogP contribution < -0.4 is 11.1 Å². The summed E-state index contributed by atoms with van der Waals surface area (Å²) in [7, 11) is 0. The largest absolute Gasteiger partial charge is 0.389 e. The van der Waals surface area contributed by atoms with E-state index in [1.54, 1.807) is 30.3 Å². The van der Waals surface area contributed by atoms with Crippen LogP contribution in [0.5, 0.6) is 0 Å². The zero-order valence-electron chi connectivity index (χ0n) is 13.2. The van der Waals surface area contributed by atoms with Crippen LogP contribution in [0.1, 0.15) is 29.2 Å². The van der Waals surface area contributed by atoms with Crippen molar-refractivity contribution in [2.45, 2.75) is 32.0 Å². The third kappa shape index (κ3) is 5.38. The average Bonchev–Trinajstić information content (AvgIpc) is 2.53.